The van der Waals surface area contributed by atoms with Crippen molar-refractivity contribution < 1.29 is 14.3 Å². The molecule has 0 radical (unpaired) electrons. The Hall–Kier alpha value is -2.94. The molecule has 0 fully saturated rings. The Bertz CT molecular complexity index is 1250. The average Bonchev–Trinajstić information content (AvgIpc) is 3.37. The van der Waals surface area contributed by atoms with Crippen LogP contribution >= 0.6 is 22.7 Å². The van der Waals surface area contributed by atoms with Crippen LogP contribution in [0.15, 0.2) is 48.5 Å². The highest BCUT2D eigenvalue weighted by atomic mass is 32.1. The van der Waals surface area contributed by atoms with Crippen molar-refractivity contribution in [3.05, 3.63) is 59.0 Å². The molecule has 5 rings (SSSR count). The lowest BCUT2D eigenvalue weighted by atomic mass is 10.0. The third-order valence-electron chi connectivity index (χ3n) is 5.44. The van der Waals surface area contributed by atoms with Gasteiger partial charge in [-0.3, -0.25) is 4.79 Å². The van der Waals surface area contributed by atoms with Gasteiger partial charge in [0.25, 0.3) is 5.91 Å². The van der Waals surface area contributed by atoms with Crippen LogP contribution in [0.3, 0.4) is 0 Å². The number of hydrogen-bond donors (Lipinski definition) is 1. The zero-order chi connectivity index (χ0) is 22.1. The van der Waals surface area contributed by atoms with Crippen LogP contribution in [-0.2, 0) is 17.8 Å². The van der Waals surface area contributed by atoms with E-state index in [9.17, 15) is 4.79 Å². The summed E-state index contributed by atoms with van der Waals surface area (Å²) in [6, 6.07) is 15.5. The Morgan fingerprint density at radius 2 is 1.91 bits per heavy atom. The minimum absolute atomic E-state index is 0.0951. The van der Waals surface area contributed by atoms with E-state index in [0.717, 1.165) is 45.3 Å². The molecule has 0 saturated carbocycles. The number of fused-ring (bicyclic) bond motifs is 2. The molecule has 2 aromatic heterocycles. The van der Waals surface area contributed by atoms with Crippen LogP contribution in [0.1, 0.15) is 10.4 Å². The number of thiophene rings is 1. The monoisotopic (exact) mass is 465 g/mol. The number of rotatable bonds is 6. The van der Waals surface area contributed by atoms with Gasteiger partial charge in [-0.25, -0.2) is 4.98 Å². The smallest absolute Gasteiger partial charge is 0.262 e. The summed E-state index contributed by atoms with van der Waals surface area (Å²) < 4.78 is 12.2. The molecule has 4 aromatic rings. The quantitative estimate of drug-likeness (QED) is 0.432. The van der Waals surface area contributed by atoms with Crippen molar-refractivity contribution in [2.45, 2.75) is 13.0 Å². The molecule has 3 heterocycles. The Kier molecular flexibility index (Phi) is 5.82. The molecular weight excluding hydrogens is 442 g/mol. The fraction of sp³-hybridized carbons (Fsp3) is 0.250. The minimum Gasteiger partial charge on any atom is -0.493 e. The van der Waals surface area contributed by atoms with Crippen LogP contribution in [0.25, 0.3) is 20.8 Å². The highest BCUT2D eigenvalue weighted by Crippen LogP contribution is 2.45. The van der Waals surface area contributed by atoms with Crippen LogP contribution in [0.2, 0.25) is 0 Å². The first-order chi connectivity index (χ1) is 15.6. The maximum absolute atomic E-state index is 12.8. The zero-order valence-corrected chi connectivity index (χ0v) is 19.5. The standard InChI is InChI=1S/C24H23N3O3S2/c1-27-12-11-15-20(13-27)32-24(22(15)23-25-16-7-3-6-10-19(16)31-23)26-21(28)14-30-18-9-5-4-8-17(18)29-2/h3-10H,11-14H2,1-2H3,(H,26,28). The van der Waals surface area contributed by atoms with Crippen molar-refractivity contribution in [2.24, 2.45) is 0 Å². The summed E-state index contributed by atoms with van der Waals surface area (Å²) in [4.78, 5) is 21.3. The number of aromatic nitrogens is 1. The van der Waals surface area contributed by atoms with Crippen molar-refractivity contribution in [3.63, 3.8) is 0 Å². The van der Waals surface area contributed by atoms with Gasteiger partial charge in [0.05, 0.1) is 17.3 Å². The number of thiazole rings is 1. The molecule has 0 unspecified atom stereocenters. The van der Waals surface area contributed by atoms with Crippen molar-refractivity contribution in [2.75, 3.05) is 32.6 Å². The van der Waals surface area contributed by atoms with E-state index in [2.05, 4.69) is 23.3 Å². The summed E-state index contributed by atoms with van der Waals surface area (Å²) in [6.07, 6.45) is 0.946. The van der Waals surface area contributed by atoms with E-state index in [-0.39, 0.29) is 12.5 Å². The summed E-state index contributed by atoms with van der Waals surface area (Å²) in [5.74, 6) is 0.943. The molecule has 0 spiro atoms. The fourth-order valence-corrected chi connectivity index (χ4v) is 6.32. The first-order valence-corrected chi connectivity index (χ1v) is 12.0. The number of carbonyl (C=O) groups is 1. The molecule has 2 aromatic carbocycles. The number of likely N-dealkylation sites (N-methyl/N-ethyl adjacent to an activating group) is 1. The molecule has 1 aliphatic rings. The van der Waals surface area contributed by atoms with Gasteiger partial charge in [-0.2, -0.15) is 0 Å². The van der Waals surface area contributed by atoms with Crippen LogP contribution in [0, 0.1) is 0 Å². The van der Waals surface area contributed by atoms with E-state index in [1.54, 1.807) is 35.8 Å². The maximum atomic E-state index is 12.8. The Morgan fingerprint density at radius 1 is 1.12 bits per heavy atom. The lowest BCUT2D eigenvalue weighted by Gasteiger charge is -2.22. The Labute approximate surface area is 194 Å². The second kappa shape index (κ2) is 8.90. The Balaban J connectivity index is 1.43. The van der Waals surface area contributed by atoms with E-state index in [0.29, 0.717) is 11.5 Å². The summed E-state index contributed by atoms with van der Waals surface area (Å²) in [5, 5.41) is 4.89. The molecule has 0 bridgehead atoms. The normalized spacial score (nSPS) is 13.7. The molecule has 1 aliphatic heterocycles. The number of benzene rings is 2. The third kappa shape index (κ3) is 4.09. The van der Waals surface area contributed by atoms with Gasteiger partial charge >= 0.3 is 0 Å². The molecule has 1 amide bonds. The van der Waals surface area contributed by atoms with Crippen LogP contribution < -0.4 is 14.8 Å². The number of nitrogens with zero attached hydrogens (tertiary/aromatic N) is 2. The minimum atomic E-state index is -0.204. The number of carbonyl (C=O) groups excluding carboxylic acids is 1. The van der Waals surface area contributed by atoms with E-state index < -0.39 is 0 Å². The van der Waals surface area contributed by atoms with E-state index in [1.165, 1.54) is 10.4 Å². The SMILES string of the molecule is COc1ccccc1OCC(=O)Nc1sc2c(c1-c1nc3ccccc3s1)CCN(C)C2. The second-order valence-corrected chi connectivity index (χ2v) is 9.81. The summed E-state index contributed by atoms with van der Waals surface area (Å²) in [6.45, 7) is 1.78. The topological polar surface area (TPSA) is 63.7 Å². The van der Waals surface area contributed by atoms with E-state index >= 15 is 0 Å². The van der Waals surface area contributed by atoms with Gasteiger partial charge in [-0.1, -0.05) is 24.3 Å². The molecule has 164 valence electrons. The number of methoxy groups -OCH3 is 1. The largest absolute Gasteiger partial charge is 0.493 e. The predicted molar refractivity (Wildman–Crippen MR) is 130 cm³/mol. The number of anilines is 1. The lowest BCUT2D eigenvalue weighted by Crippen LogP contribution is -2.25. The molecule has 0 saturated heterocycles. The molecule has 32 heavy (non-hydrogen) atoms. The van der Waals surface area contributed by atoms with Gasteiger partial charge in [-0.15, -0.1) is 22.7 Å². The van der Waals surface area contributed by atoms with Gasteiger partial charge in [0, 0.05) is 23.5 Å². The van der Waals surface area contributed by atoms with Crippen molar-refractivity contribution in [1.82, 2.24) is 9.88 Å². The summed E-state index contributed by atoms with van der Waals surface area (Å²) in [7, 11) is 3.71. The predicted octanol–water partition coefficient (Wildman–Crippen LogP) is 5.04. The Morgan fingerprint density at radius 3 is 2.72 bits per heavy atom. The number of para-hydroxylation sites is 3. The van der Waals surface area contributed by atoms with Crippen molar-refractivity contribution >= 4 is 43.8 Å². The number of hydrogen-bond acceptors (Lipinski definition) is 7. The van der Waals surface area contributed by atoms with Crippen molar-refractivity contribution in [3.8, 4) is 22.1 Å². The molecule has 6 nitrogen and oxygen atoms in total. The molecule has 8 heteroatoms. The van der Waals surface area contributed by atoms with Crippen LogP contribution in [0.5, 0.6) is 11.5 Å². The third-order valence-corrected chi connectivity index (χ3v) is 7.62. The highest BCUT2D eigenvalue weighted by Gasteiger charge is 2.26. The van der Waals surface area contributed by atoms with Gasteiger partial charge in [0.1, 0.15) is 10.0 Å². The number of nitrogens with one attached hydrogen (secondary N) is 1. The number of ether oxygens (including phenoxy) is 2. The summed E-state index contributed by atoms with van der Waals surface area (Å²) in [5.41, 5.74) is 3.34. The first kappa shape index (κ1) is 20.9. The lowest BCUT2D eigenvalue weighted by molar-refractivity contribution is -0.118. The maximum Gasteiger partial charge on any atom is 0.262 e. The van der Waals surface area contributed by atoms with Crippen LogP contribution in [0.4, 0.5) is 5.00 Å². The molecular formula is C24H23N3O3S2. The zero-order valence-electron chi connectivity index (χ0n) is 17.9. The van der Waals surface area contributed by atoms with Gasteiger partial charge in [0.2, 0.25) is 0 Å². The molecule has 0 atom stereocenters. The fourth-order valence-electron chi connectivity index (χ4n) is 3.87. The van der Waals surface area contributed by atoms with E-state index in [4.69, 9.17) is 14.5 Å². The van der Waals surface area contributed by atoms with Crippen molar-refractivity contribution in [1.29, 1.82) is 0 Å². The summed E-state index contributed by atoms with van der Waals surface area (Å²) >= 11 is 3.31. The average molecular weight is 466 g/mol. The molecule has 0 aliphatic carbocycles. The highest BCUT2D eigenvalue weighted by molar-refractivity contribution is 7.22. The van der Waals surface area contributed by atoms with Gasteiger partial charge < -0.3 is 19.7 Å². The van der Waals surface area contributed by atoms with Crippen LogP contribution in [-0.4, -0.2) is 43.1 Å². The van der Waals surface area contributed by atoms with E-state index in [1.807, 2.05) is 36.4 Å². The van der Waals surface area contributed by atoms with Gasteiger partial charge in [-0.05, 0) is 43.3 Å². The second-order valence-electron chi connectivity index (χ2n) is 7.67. The van der Waals surface area contributed by atoms with Gasteiger partial charge in [0.15, 0.2) is 18.1 Å². The number of amides is 1. The molecule has 1 N–H and O–H groups in total. The first-order valence-electron chi connectivity index (χ1n) is 10.4.